The zero-order valence-electron chi connectivity index (χ0n) is 16.7. The second kappa shape index (κ2) is 7.84. The number of piperazine rings is 1. The molecular formula is C21H22F3N7. The Morgan fingerprint density at radius 3 is 2.55 bits per heavy atom. The zero-order valence-corrected chi connectivity index (χ0v) is 16.7. The fraction of sp³-hybridized carbons (Fsp3) is 0.381. The second-order valence-electron chi connectivity index (χ2n) is 7.82. The Morgan fingerprint density at radius 1 is 1.03 bits per heavy atom. The third kappa shape index (κ3) is 4.34. The number of halogens is 3. The monoisotopic (exact) mass is 429 g/mol. The molecule has 2 aliphatic rings. The lowest BCUT2D eigenvalue weighted by molar-refractivity contribution is -0.137. The van der Waals surface area contributed by atoms with Gasteiger partial charge in [-0.2, -0.15) is 18.2 Å². The van der Waals surface area contributed by atoms with Crippen LogP contribution in [0.25, 0.3) is 11.3 Å². The first-order valence-electron chi connectivity index (χ1n) is 10.3. The maximum absolute atomic E-state index is 13.6. The molecule has 0 atom stereocenters. The van der Waals surface area contributed by atoms with E-state index >= 15 is 0 Å². The van der Waals surface area contributed by atoms with E-state index in [-0.39, 0.29) is 11.3 Å². The van der Waals surface area contributed by atoms with Gasteiger partial charge in [0.25, 0.3) is 0 Å². The van der Waals surface area contributed by atoms with Gasteiger partial charge < -0.3 is 15.5 Å². The highest BCUT2D eigenvalue weighted by Gasteiger charge is 2.34. The van der Waals surface area contributed by atoms with Gasteiger partial charge in [-0.25, -0.2) is 4.98 Å². The number of hydrogen-bond acceptors (Lipinski definition) is 6. The number of H-pyrrole nitrogens is 1. The third-order valence-electron chi connectivity index (χ3n) is 5.48. The summed E-state index contributed by atoms with van der Waals surface area (Å²) in [6.45, 7) is 3.03. The van der Waals surface area contributed by atoms with E-state index in [1.165, 1.54) is 12.1 Å². The van der Waals surface area contributed by atoms with Gasteiger partial charge in [0.1, 0.15) is 11.6 Å². The molecule has 1 saturated carbocycles. The number of hydrogen-bond donors (Lipinski definition) is 3. The summed E-state index contributed by atoms with van der Waals surface area (Å²) < 4.78 is 40.9. The maximum Gasteiger partial charge on any atom is 0.417 e. The predicted octanol–water partition coefficient (Wildman–Crippen LogP) is 3.92. The van der Waals surface area contributed by atoms with Crippen molar-refractivity contribution < 1.29 is 13.2 Å². The van der Waals surface area contributed by atoms with Crippen LogP contribution in [-0.4, -0.2) is 46.3 Å². The average molecular weight is 429 g/mol. The van der Waals surface area contributed by atoms with Crippen LogP contribution in [0.15, 0.2) is 36.4 Å². The predicted molar refractivity (Wildman–Crippen MR) is 111 cm³/mol. The summed E-state index contributed by atoms with van der Waals surface area (Å²) in [4.78, 5) is 11.1. The largest absolute Gasteiger partial charge is 0.417 e. The molecule has 1 aromatic carbocycles. The van der Waals surface area contributed by atoms with Crippen molar-refractivity contribution in [2.45, 2.75) is 24.9 Å². The van der Waals surface area contributed by atoms with E-state index in [1.807, 2.05) is 6.07 Å². The number of pyridine rings is 1. The molecule has 31 heavy (non-hydrogen) atoms. The Balaban J connectivity index is 1.54. The Labute approximate surface area is 177 Å². The summed E-state index contributed by atoms with van der Waals surface area (Å²) >= 11 is 0. The number of rotatable bonds is 5. The summed E-state index contributed by atoms with van der Waals surface area (Å²) in [6, 6.07) is 8.96. The van der Waals surface area contributed by atoms with Crippen molar-refractivity contribution in [3.05, 3.63) is 47.8 Å². The summed E-state index contributed by atoms with van der Waals surface area (Å²) in [5.41, 5.74) is 0.185. The van der Waals surface area contributed by atoms with E-state index < -0.39 is 11.7 Å². The van der Waals surface area contributed by atoms with Crippen molar-refractivity contribution in [3.8, 4) is 11.3 Å². The van der Waals surface area contributed by atoms with Gasteiger partial charge in [-0.15, -0.1) is 5.10 Å². The maximum atomic E-state index is 13.6. The van der Waals surface area contributed by atoms with Gasteiger partial charge in [0.05, 0.1) is 11.3 Å². The van der Waals surface area contributed by atoms with Crippen molar-refractivity contribution in [3.63, 3.8) is 0 Å². The molecular weight excluding hydrogens is 407 g/mol. The number of anilines is 3. The van der Waals surface area contributed by atoms with Crippen molar-refractivity contribution >= 4 is 17.5 Å². The number of benzene rings is 1. The van der Waals surface area contributed by atoms with Crippen LogP contribution in [0.4, 0.5) is 30.6 Å². The van der Waals surface area contributed by atoms with Gasteiger partial charge in [0, 0.05) is 49.4 Å². The highest BCUT2D eigenvalue weighted by atomic mass is 19.4. The van der Waals surface area contributed by atoms with Crippen LogP contribution in [0.2, 0.25) is 0 Å². The molecule has 3 heterocycles. The molecule has 3 aromatic rings. The van der Waals surface area contributed by atoms with Gasteiger partial charge in [-0.3, -0.25) is 5.10 Å². The van der Waals surface area contributed by atoms with E-state index in [1.54, 1.807) is 12.1 Å². The van der Waals surface area contributed by atoms with Gasteiger partial charge in [0.2, 0.25) is 5.95 Å². The van der Waals surface area contributed by atoms with E-state index in [0.29, 0.717) is 23.4 Å². The van der Waals surface area contributed by atoms with Gasteiger partial charge in [-0.1, -0.05) is 18.2 Å². The SMILES string of the molecule is FC(F)(F)c1ccccc1-c1cc(Nc2n[nH]c(C3CC3)n2)cc(N2CCNCC2)n1. The first kappa shape index (κ1) is 19.8. The number of nitrogens with zero attached hydrogens (tertiary/aromatic N) is 4. The molecule has 0 bridgehead atoms. The van der Waals surface area contributed by atoms with Crippen LogP contribution in [0.3, 0.4) is 0 Å². The summed E-state index contributed by atoms with van der Waals surface area (Å²) in [7, 11) is 0. The fourth-order valence-corrected chi connectivity index (χ4v) is 3.73. The average Bonchev–Trinajstić information content (AvgIpc) is 3.53. The van der Waals surface area contributed by atoms with E-state index in [2.05, 4.69) is 35.7 Å². The molecule has 1 aliphatic carbocycles. The van der Waals surface area contributed by atoms with E-state index in [9.17, 15) is 13.2 Å². The van der Waals surface area contributed by atoms with Crippen LogP contribution in [-0.2, 0) is 6.18 Å². The molecule has 2 aromatic heterocycles. The number of aromatic nitrogens is 4. The quantitative estimate of drug-likeness (QED) is 0.571. The molecule has 162 valence electrons. The smallest absolute Gasteiger partial charge is 0.354 e. The van der Waals surface area contributed by atoms with Gasteiger partial charge in [-0.05, 0) is 25.0 Å². The minimum atomic E-state index is -4.47. The molecule has 1 aliphatic heterocycles. The summed E-state index contributed by atoms with van der Waals surface area (Å²) in [5, 5.41) is 13.6. The number of nitrogens with one attached hydrogen (secondary N) is 3. The lowest BCUT2D eigenvalue weighted by atomic mass is 10.0. The Hall–Kier alpha value is -3.14. The van der Waals surface area contributed by atoms with Crippen LogP contribution in [0.5, 0.6) is 0 Å². The standard InChI is InChI=1S/C21H22F3N7/c22-21(23,24)16-4-2-1-3-15(16)17-11-14(12-18(27-17)31-9-7-25-8-10-31)26-20-28-19(29-30-20)13-5-6-13/h1-4,11-13,25H,5-10H2,(H2,26,27,28,29,30). The number of alkyl halides is 3. The molecule has 7 nitrogen and oxygen atoms in total. The van der Waals surface area contributed by atoms with Crippen LogP contribution < -0.4 is 15.5 Å². The van der Waals surface area contributed by atoms with Crippen molar-refractivity contribution in [1.82, 2.24) is 25.5 Å². The number of aromatic amines is 1. The molecule has 5 rings (SSSR count). The van der Waals surface area contributed by atoms with Crippen LogP contribution >= 0.6 is 0 Å². The molecule has 0 amide bonds. The van der Waals surface area contributed by atoms with Gasteiger partial charge >= 0.3 is 6.18 Å². The Kier molecular flexibility index (Phi) is 5.01. The fourth-order valence-electron chi connectivity index (χ4n) is 3.73. The van der Waals surface area contributed by atoms with Gasteiger partial charge in [0.15, 0.2) is 0 Å². The van der Waals surface area contributed by atoms with Crippen LogP contribution in [0, 0.1) is 0 Å². The summed E-state index contributed by atoms with van der Waals surface area (Å²) in [6.07, 6.45) is -2.29. The minimum absolute atomic E-state index is 0.0451. The second-order valence-corrected chi connectivity index (χ2v) is 7.82. The van der Waals surface area contributed by atoms with Crippen molar-refractivity contribution in [2.75, 3.05) is 36.4 Å². The molecule has 1 saturated heterocycles. The van der Waals surface area contributed by atoms with Crippen LogP contribution in [0.1, 0.15) is 30.1 Å². The van der Waals surface area contributed by atoms with E-state index in [0.717, 1.165) is 50.9 Å². The van der Waals surface area contributed by atoms with Crippen molar-refractivity contribution in [2.24, 2.45) is 0 Å². The normalized spacial score (nSPS) is 17.1. The molecule has 10 heteroatoms. The Bertz CT molecular complexity index is 1070. The highest BCUT2D eigenvalue weighted by molar-refractivity contribution is 5.72. The Morgan fingerprint density at radius 2 is 1.81 bits per heavy atom. The molecule has 0 unspecified atom stereocenters. The first-order valence-corrected chi connectivity index (χ1v) is 10.3. The zero-order chi connectivity index (χ0) is 21.4. The van der Waals surface area contributed by atoms with Crippen molar-refractivity contribution in [1.29, 1.82) is 0 Å². The third-order valence-corrected chi connectivity index (χ3v) is 5.48. The van der Waals surface area contributed by atoms with E-state index in [4.69, 9.17) is 0 Å². The first-order chi connectivity index (χ1) is 15.0. The molecule has 0 spiro atoms. The molecule has 0 radical (unpaired) electrons. The minimum Gasteiger partial charge on any atom is -0.354 e. The lowest BCUT2D eigenvalue weighted by Crippen LogP contribution is -2.43. The molecule has 2 fully saturated rings. The topological polar surface area (TPSA) is 81.8 Å². The lowest BCUT2D eigenvalue weighted by Gasteiger charge is -2.29. The highest BCUT2D eigenvalue weighted by Crippen LogP contribution is 2.39. The molecule has 3 N–H and O–H groups in total. The summed E-state index contributed by atoms with van der Waals surface area (Å²) in [5.74, 6) is 2.28.